The van der Waals surface area contributed by atoms with Crippen LogP contribution in [0.25, 0.3) is 0 Å². The van der Waals surface area contributed by atoms with E-state index >= 15 is 0 Å². The number of nitrogens with one attached hydrogen (secondary N) is 1. The summed E-state index contributed by atoms with van der Waals surface area (Å²) < 4.78 is 0. The Balaban J connectivity index is 2.22. The molecule has 0 bridgehead atoms. The molecule has 0 aliphatic heterocycles. The SMILES string of the molecule is CCNCCCCCCN(C)c1ccc(C)cc1C. The maximum Gasteiger partial charge on any atom is 0.0393 e. The molecule has 0 aromatic heterocycles. The van der Waals surface area contributed by atoms with E-state index < -0.39 is 0 Å². The molecule has 0 saturated carbocycles. The third-order valence-electron chi connectivity index (χ3n) is 3.61. The predicted molar refractivity (Wildman–Crippen MR) is 86.2 cm³/mol. The fraction of sp³-hybridized carbons (Fsp3) is 0.647. The zero-order valence-electron chi connectivity index (χ0n) is 13.1. The number of aryl methyl sites for hydroxylation is 2. The van der Waals surface area contributed by atoms with Crippen LogP contribution in [0.5, 0.6) is 0 Å². The highest BCUT2D eigenvalue weighted by atomic mass is 15.1. The second-order valence-corrected chi connectivity index (χ2v) is 5.48. The van der Waals surface area contributed by atoms with E-state index in [2.05, 4.69) is 56.2 Å². The highest BCUT2D eigenvalue weighted by molar-refractivity contribution is 5.53. The molecule has 0 aliphatic carbocycles. The van der Waals surface area contributed by atoms with Crippen LogP contribution in [-0.4, -0.2) is 26.7 Å². The first-order valence-electron chi connectivity index (χ1n) is 7.64. The fourth-order valence-corrected chi connectivity index (χ4v) is 2.48. The Hall–Kier alpha value is -1.02. The van der Waals surface area contributed by atoms with Gasteiger partial charge in [0.1, 0.15) is 0 Å². The van der Waals surface area contributed by atoms with Crippen molar-refractivity contribution >= 4 is 5.69 Å². The molecule has 0 radical (unpaired) electrons. The molecule has 1 N–H and O–H groups in total. The Labute approximate surface area is 119 Å². The average Bonchev–Trinajstić information content (AvgIpc) is 2.37. The number of benzene rings is 1. The molecule has 1 rings (SSSR count). The lowest BCUT2D eigenvalue weighted by Crippen LogP contribution is -2.19. The standard InChI is InChI=1S/C17H30N2/c1-5-18-12-8-6-7-9-13-19(4)17-11-10-15(2)14-16(17)3/h10-11,14,18H,5-9,12-13H2,1-4H3. The second-order valence-electron chi connectivity index (χ2n) is 5.48. The van der Waals surface area contributed by atoms with Crippen molar-refractivity contribution in [1.82, 2.24) is 5.32 Å². The van der Waals surface area contributed by atoms with Gasteiger partial charge in [0.15, 0.2) is 0 Å². The van der Waals surface area contributed by atoms with Crippen molar-refractivity contribution < 1.29 is 0 Å². The van der Waals surface area contributed by atoms with Crippen LogP contribution in [0.1, 0.15) is 43.7 Å². The van der Waals surface area contributed by atoms with Gasteiger partial charge >= 0.3 is 0 Å². The fourth-order valence-electron chi connectivity index (χ4n) is 2.48. The molecule has 2 nitrogen and oxygen atoms in total. The molecule has 0 aliphatic rings. The van der Waals surface area contributed by atoms with Crippen LogP contribution < -0.4 is 10.2 Å². The van der Waals surface area contributed by atoms with Gasteiger partial charge in [-0.2, -0.15) is 0 Å². The zero-order chi connectivity index (χ0) is 14.1. The van der Waals surface area contributed by atoms with E-state index in [0.29, 0.717) is 0 Å². The highest BCUT2D eigenvalue weighted by Gasteiger charge is 2.04. The Morgan fingerprint density at radius 1 is 1.05 bits per heavy atom. The summed E-state index contributed by atoms with van der Waals surface area (Å²) in [5.41, 5.74) is 4.10. The van der Waals surface area contributed by atoms with E-state index in [1.54, 1.807) is 0 Å². The van der Waals surface area contributed by atoms with E-state index in [-0.39, 0.29) is 0 Å². The van der Waals surface area contributed by atoms with Gasteiger partial charge in [-0.05, 0) is 51.4 Å². The quantitative estimate of drug-likeness (QED) is 0.679. The van der Waals surface area contributed by atoms with Crippen LogP contribution in [0.2, 0.25) is 0 Å². The first-order valence-corrected chi connectivity index (χ1v) is 7.64. The van der Waals surface area contributed by atoms with Crippen LogP contribution in [-0.2, 0) is 0 Å². The molecule has 1 aromatic carbocycles. The van der Waals surface area contributed by atoms with Crippen LogP contribution in [0.15, 0.2) is 18.2 Å². The summed E-state index contributed by atoms with van der Waals surface area (Å²) in [4.78, 5) is 2.39. The number of unbranched alkanes of at least 4 members (excludes halogenated alkanes) is 3. The Morgan fingerprint density at radius 3 is 2.47 bits per heavy atom. The molecular weight excluding hydrogens is 232 g/mol. The summed E-state index contributed by atoms with van der Waals surface area (Å²) >= 11 is 0. The Kier molecular flexibility index (Phi) is 7.57. The Morgan fingerprint density at radius 2 is 1.79 bits per heavy atom. The van der Waals surface area contributed by atoms with Gasteiger partial charge < -0.3 is 10.2 Å². The molecule has 19 heavy (non-hydrogen) atoms. The van der Waals surface area contributed by atoms with Crippen LogP contribution in [0, 0.1) is 13.8 Å². The first-order chi connectivity index (χ1) is 9.15. The minimum Gasteiger partial charge on any atom is -0.374 e. The number of hydrogen-bond acceptors (Lipinski definition) is 2. The largest absolute Gasteiger partial charge is 0.374 e. The topological polar surface area (TPSA) is 15.3 Å². The second kappa shape index (κ2) is 8.98. The third kappa shape index (κ3) is 6.11. The molecule has 1 aromatic rings. The van der Waals surface area contributed by atoms with Crippen LogP contribution in [0.4, 0.5) is 5.69 Å². The maximum atomic E-state index is 3.38. The average molecular weight is 262 g/mol. The van der Waals surface area contributed by atoms with Crippen LogP contribution in [0.3, 0.4) is 0 Å². The van der Waals surface area contributed by atoms with E-state index in [4.69, 9.17) is 0 Å². The molecule has 0 atom stereocenters. The minimum absolute atomic E-state index is 1.09. The van der Waals surface area contributed by atoms with Gasteiger partial charge in [-0.1, -0.05) is 37.5 Å². The van der Waals surface area contributed by atoms with Crippen molar-refractivity contribution in [1.29, 1.82) is 0 Å². The monoisotopic (exact) mass is 262 g/mol. The van der Waals surface area contributed by atoms with Gasteiger partial charge in [0.25, 0.3) is 0 Å². The van der Waals surface area contributed by atoms with E-state index in [0.717, 1.165) is 13.1 Å². The lowest BCUT2D eigenvalue weighted by molar-refractivity contribution is 0.597. The number of anilines is 1. The maximum absolute atomic E-state index is 3.38. The zero-order valence-corrected chi connectivity index (χ0v) is 13.1. The number of hydrogen-bond donors (Lipinski definition) is 1. The molecular formula is C17H30N2. The molecule has 0 amide bonds. The van der Waals surface area contributed by atoms with Crippen molar-refractivity contribution in [3.8, 4) is 0 Å². The number of nitrogens with zero attached hydrogens (tertiary/aromatic N) is 1. The summed E-state index contributed by atoms with van der Waals surface area (Å²) in [5, 5.41) is 3.38. The van der Waals surface area contributed by atoms with E-state index in [1.807, 2.05) is 0 Å². The van der Waals surface area contributed by atoms with Gasteiger partial charge in [0.05, 0.1) is 0 Å². The summed E-state index contributed by atoms with van der Waals surface area (Å²) in [6.45, 7) is 9.94. The van der Waals surface area contributed by atoms with Gasteiger partial charge in [-0.15, -0.1) is 0 Å². The molecule has 0 heterocycles. The van der Waals surface area contributed by atoms with Crippen LogP contribution >= 0.6 is 0 Å². The smallest absolute Gasteiger partial charge is 0.0393 e. The van der Waals surface area contributed by atoms with Crippen molar-refractivity contribution in [3.63, 3.8) is 0 Å². The van der Waals surface area contributed by atoms with Gasteiger partial charge in [0.2, 0.25) is 0 Å². The number of rotatable bonds is 9. The molecule has 0 spiro atoms. The predicted octanol–water partition coefficient (Wildman–Crippen LogP) is 3.91. The van der Waals surface area contributed by atoms with E-state index in [9.17, 15) is 0 Å². The summed E-state index contributed by atoms with van der Waals surface area (Å²) in [6.07, 6.45) is 5.27. The Bertz CT molecular complexity index is 360. The molecule has 0 fully saturated rings. The minimum atomic E-state index is 1.09. The molecule has 108 valence electrons. The van der Waals surface area contributed by atoms with Crippen molar-refractivity contribution in [2.75, 3.05) is 31.6 Å². The molecule has 0 saturated heterocycles. The lowest BCUT2D eigenvalue weighted by Gasteiger charge is -2.21. The molecule has 2 heteroatoms. The summed E-state index contributed by atoms with van der Waals surface area (Å²) in [5.74, 6) is 0. The van der Waals surface area contributed by atoms with Crippen molar-refractivity contribution in [3.05, 3.63) is 29.3 Å². The van der Waals surface area contributed by atoms with Crippen molar-refractivity contribution in [2.45, 2.75) is 46.5 Å². The molecule has 0 unspecified atom stereocenters. The van der Waals surface area contributed by atoms with E-state index in [1.165, 1.54) is 49.0 Å². The highest BCUT2D eigenvalue weighted by Crippen LogP contribution is 2.20. The first kappa shape index (κ1) is 16.0. The van der Waals surface area contributed by atoms with Gasteiger partial charge in [-0.25, -0.2) is 0 Å². The summed E-state index contributed by atoms with van der Waals surface area (Å²) in [6, 6.07) is 6.72. The van der Waals surface area contributed by atoms with Crippen molar-refractivity contribution in [2.24, 2.45) is 0 Å². The van der Waals surface area contributed by atoms with Gasteiger partial charge in [0, 0.05) is 19.3 Å². The normalized spacial score (nSPS) is 10.7. The lowest BCUT2D eigenvalue weighted by atomic mass is 10.1. The third-order valence-corrected chi connectivity index (χ3v) is 3.61. The summed E-state index contributed by atoms with van der Waals surface area (Å²) in [7, 11) is 2.20. The van der Waals surface area contributed by atoms with Gasteiger partial charge in [-0.3, -0.25) is 0 Å².